The van der Waals surface area contributed by atoms with Gasteiger partial charge in [-0.25, -0.2) is 0 Å². The van der Waals surface area contributed by atoms with Gasteiger partial charge in [0.1, 0.15) is 0 Å². The summed E-state index contributed by atoms with van der Waals surface area (Å²) >= 11 is 0. The summed E-state index contributed by atoms with van der Waals surface area (Å²) in [5.41, 5.74) is 2.97. The number of aromatic nitrogens is 2. The highest BCUT2D eigenvalue weighted by atomic mass is 16.5. The molecule has 3 aromatic rings. The van der Waals surface area contributed by atoms with Crippen LogP contribution in [0.25, 0.3) is 11.4 Å². The van der Waals surface area contributed by atoms with Crippen molar-refractivity contribution in [1.29, 1.82) is 0 Å². The Bertz CT molecular complexity index is 1150. The van der Waals surface area contributed by atoms with Crippen molar-refractivity contribution in [2.24, 2.45) is 5.92 Å². The van der Waals surface area contributed by atoms with Gasteiger partial charge in [-0.05, 0) is 42.5 Å². The maximum atomic E-state index is 12.9. The number of hydrogen-bond donors (Lipinski definition) is 1. The van der Waals surface area contributed by atoms with E-state index in [-0.39, 0.29) is 17.2 Å². The summed E-state index contributed by atoms with van der Waals surface area (Å²) in [4.78, 5) is 19.7. The molecule has 0 saturated carbocycles. The van der Waals surface area contributed by atoms with Crippen molar-refractivity contribution in [3.63, 3.8) is 0 Å². The van der Waals surface area contributed by atoms with Crippen LogP contribution in [0.3, 0.4) is 0 Å². The van der Waals surface area contributed by atoms with Crippen LogP contribution in [0.1, 0.15) is 45.1 Å². The first-order valence-corrected chi connectivity index (χ1v) is 12.0. The average molecular weight is 479 g/mol. The van der Waals surface area contributed by atoms with Gasteiger partial charge in [-0.1, -0.05) is 50.2 Å². The molecule has 0 bridgehead atoms. The number of carbonyl (C=O) groups is 1. The predicted molar refractivity (Wildman–Crippen MR) is 135 cm³/mol. The van der Waals surface area contributed by atoms with Gasteiger partial charge < -0.3 is 19.3 Å². The van der Waals surface area contributed by atoms with Crippen molar-refractivity contribution in [1.82, 2.24) is 15.0 Å². The molecule has 4 rings (SSSR count). The molecule has 0 radical (unpaired) electrons. The number of likely N-dealkylation sites (tertiary alicyclic amines) is 1. The lowest BCUT2D eigenvalue weighted by atomic mass is 9.87. The fraction of sp³-hybridized carbons (Fsp3) is 0.444. The van der Waals surface area contributed by atoms with Gasteiger partial charge in [0, 0.05) is 23.9 Å². The molecule has 1 aromatic heterocycles. The summed E-state index contributed by atoms with van der Waals surface area (Å²) in [5, 5.41) is 7.18. The van der Waals surface area contributed by atoms with Crippen LogP contribution in [-0.4, -0.2) is 48.3 Å². The standard InChI is InChI=1S/C27H34N4O4/c1-27(2,3)20-10-8-18(9-11-20)25-29-24(35-30-25)17-31-14-6-7-19(16-31)26(32)28-21-12-13-22(33-4)23(15-21)34-5/h8-13,15,19H,6-7,14,16-17H2,1-5H3,(H,28,32). The minimum absolute atomic E-state index is 0.00734. The van der Waals surface area contributed by atoms with E-state index in [2.05, 4.69) is 53.3 Å². The van der Waals surface area contributed by atoms with Crippen LogP contribution in [0.5, 0.6) is 11.5 Å². The van der Waals surface area contributed by atoms with Gasteiger partial charge in [-0.15, -0.1) is 0 Å². The van der Waals surface area contributed by atoms with Gasteiger partial charge in [-0.2, -0.15) is 4.98 Å². The molecule has 2 heterocycles. The number of amides is 1. The number of rotatable bonds is 7. The summed E-state index contributed by atoms with van der Waals surface area (Å²) in [6, 6.07) is 13.6. The third-order valence-corrected chi connectivity index (χ3v) is 6.36. The molecule has 2 aromatic carbocycles. The first-order chi connectivity index (χ1) is 16.8. The number of methoxy groups -OCH3 is 2. The van der Waals surface area contributed by atoms with Crippen LogP contribution >= 0.6 is 0 Å². The lowest BCUT2D eigenvalue weighted by Gasteiger charge is -2.30. The van der Waals surface area contributed by atoms with E-state index in [4.69, 9.17) is 14.0 Å². The molecule has 35 heavy (non-hydrogen) atoms. The predicted octanol–water partition coefficient (Wildman–Crippen LogP) is 4.90. The van der Waals surface area contributed by atoms with Gasteiger partial charge in [-0.3, -0.25) is 9.69 Å². The third-order valence-electron chi connectivity index (χ3n) is 6.36. The highest BCUT2D eigenvalue weighted by Gasteiger charge is 2.27. The lowest BCUT2D eigenvalue weighted by Crippen LogP contribution is -2.40. The van der Waals surface area contributed by atoms with Crippen molar-refractivity contribution in [2.75, 3.05) is 32.6 Å². The molecule has 1 N–H and O–H groups in total. The van der Waals surface area contributed by atoms with E-state index in [1.807, 2.05) is 18.2 Å². The minimum Gasteiger partial charge on any atom is -0.493 e. The van der Waals surface area contributed by atoms with Crippen LogP contribution in [-0.2, 0) is 16.8 Å². The largest absolute Gasteiger partial charge is 0.493 e. The van der Waals surface area contributed by atoms with Gasteiger partial charge in [0.25, 0.3) is 0 Å². The molecule has 1 amide bonds. The maximum absolute atomic E-state index is 12.9. The number of carbonyl (C=O) groups excluding carboxylic acids is 1. The average Bonchev–Trinajstić information content (AvgIpc) is 3.32. The monoisotopic (exact) mass is 478 g/mol. The Kier molecular flexibility index (Phi) is 7.40. The van der Waals surface area contributed by atoms with Crippen molar-refractivity contribution >= 4 is 11.6 Å². The molecule has 1 aliphatic heterocycles. The lowest BCUT2D eigenvalue weighted by molar-refractivity contribution is -0.121. The van der Waals surface area contributed by atoms with Crippen LogP contribution in [0, 0.1) is 5.92 Å². The molecule has 186 valence electrons. The Morgan fingerprint density at radius 1 is 1.11 bits per heavy atom. The number of nitrogens with zero attached hydrogens (tertiary/aromatic N) is 3. The molecule has 1 atom stereocenters. The first-order valence-electron chi connectivity index (χ1n) is 12.0. The van der Waals surface area contributed by atoms with Crippen LogP contribution in [0.4, 0.5) is 5.69 Å². The van der Waals surface area contributed by atoms with E-state index >= 15 is 0 Å². The van der Waals surface area contributed by atoms with E-state index in [0.717, 1.165) is 24.9 Å². The Balaban J connectivity index is 1.36. The fourth-order valence-corrected chi connectivity index (χ4v) is 4.32. The highest BCUT2D eigenvalue weighted by Crippen LogP contribution is 2.30. The topological polar surface area (TPSA) is 89.7 Å². The van der Waals surface area contributed by atoms with Gasteiger partial charge in [0.05, 0.1) is 26.7 Å². The molecule has 1 fully saturated rings. The zero-order chi connectivity index (χ0) is 25.0. The normalized spacial score (nSPS) is 16.7. The quantitative estimate of drug-likeness (QED) is 0.516. The molecular formula is C27H34N4O4. The number of hydrogen-bond acceptors (Lipinski definition) is 7. The third kappa shape index (κ3) is 6.00. The molecule has 0 aliphatic carbocycles. The first kappa shape index (κ1) is 24.7. The summed E-state index contributed by atoms with van der Waals surface area (Å²) in [6.45, 7) is 8.61. The van der Waals surface area contributed by atoms with Crippen molar-refractivity contribution in [3.05, 3.63) is 53.9 Å². The van der Waals surface area contributed by atoms with E-state index in [1.165, 1.54) is 5.56 Å². The molecule has 0 spiro atoms. The maximum Gasteiger partial charge on any atom is 0.241 e. The highest BCUT2D eigenvalue weighted by molar-refractivity contribution is 5.93. The molecule has 1 aliphatic rings. The number of piperidine rings is 1. The minimum atomic E-state index is -0.121. The molecule has 1 unspecified atom stereocenters. The second kappa shape index (κ2) is 10.5. The number of benzene rings is 2. The second-order valence-corrected chi connectivity index (χ2v) is 9.97. The summed E-state index contributed by atoms with van der Waals surface area (Å²) in [7, 11) is 3.16. The summed E-state index contributed by atoms with van der Waals surface area (Å²) < 4.78 is 16.1. The molecular weight excluding hydrogens is 444 g/mol. The number of ether oxygens (including phenoxy) is 2. The fourth-order valence-electron chi connectivity index (χ4n) is 4.32. The van der Waals surface area contributed by atoms with Crippen molar-refractivity contribution < 1.29 is 18.8 Å². The van der Waals surface area contributed by atoms with Crippen LogP contribution in [0.2, 0.25) is 0 Å². The van der Waals surface area contributed by atoms with Crippen LogP contribution in [0.15, 0.2) is 47.0 Å². The van der Waals surface area contributed by atoms with Gasteiger partial charge >= 0.3 is 0 Å². The molecule has 8 nitrogen and oxygen atoms in total. The van der Waals surface area contributed by atoms with Crippen molar-refractivity contribution in [3.8, 4) is 22.9 Å². The zero-order valence-electron chi connectivity index (χ0n) is 21.1. The van der Waals surface area contributed by atoms with Gasteiger partial charge in [0.15, 0.2) is 11.5 Å². The van der Waals surface area contributed by atoms with E-state index in [1.54, 1.807) is 26.4 Å². The van der Waals surface area contributed by atoms with E-state index < -0.39 is 0 Å². The second-order valence-electron chi connectivity index (χ2n) is 9.97. The zero-order valence-corrected chi connectivity index (χ0v) is 21.1. The Morgan fingerprint density at radius 3 is 2.54 bits per heavy atom. The van der Waals surface area contributed by atoms with E-state index in [0.29, 0.717) is 42.0 Å². The number of nitrogens with one attached hydrogen (secondary N) is 1. The van der Waals surface area contributed by atoms with E-state index in [9.17, 15) is 4.79 Å². The Morgan fingerprint density at radius 2 is 1.86 bits per heavy atom. The molecule has 1 saturated heterocycles. The summed E-state index contributed by atoms with van der Waals surface area (Å²) in [6.07, 6.45) is 1.77. The Hall–Kier alpha value is -3.39. The molecule has 8 heteroatoms. The smallest absolute Gasteiger partial charge is 0.241 e. The van der Waals surface area contributed by atoms with Gasteiger partial charge in [0.2, 0.25) is 17.6 Å². The van der Waals surface area contributed by atoms with Crippen LogP contribution < -0.4 is 14.8 Å². The Labute approximate surface area is 206 Å². The SMILES string of the molecule is COc1ccc(NC(=O)C2CCCN(Cc3nc(-c4ccc(C(C)(C)C)cc4)no3)C2)cc1OC. The van der Waals surface area contributed by atoms with Crippen molar-refractivity contribution in [2.45, 2.75) is 45.6 Å². The summed E-state index contributed by atoms with van der Waals surface area (Å²) in [5.74, 6) is 2.21. The number of anilines is 1.